The number of pyridine rings is 1. The van der Waals surface area contributed by atoms with Gasteiger partial charge in [0.1, 0.15) is 5.82 Å². The molecule has 6 heteroatoms. The van der Waals surface area contributed by atoms with E-state index in [1.165, 1.54) is 0 Å². The van der Waals surface area contributed by atoms with Crippen molar-refractivity contribution in [3.8, 4) is 6.07 Å². The number of nitriles is 1. The number of amides is 1. The fourth-order valence-corrected chi connectivity index (χ4v) is 2.56. The number of nitrogens with zero attached hydrogens (tertiary/aromatic N) is 2. The molecule has 1 aliphatic rings. The topological polar surface area (TPSA) is 87.0 Å². The maximum absolute atomic E-state index is 12.2. The van der Waals surface area contributed by atoms with Crippen molar-refractivity contribution in [2.24, 2.45) is 5.92 Å². The van der Waals surface area contributed by atoms with Crippen molar-refractivity contribution < 1.29 is 9.53 Å². The van der Waals surface area contributed by atoms with Gasteiger partial charge >= 0.3 is 0 Å². The van der Waals surface area contributed by atoms with Gasteiger partial charge < -0.3 is 15.4 Å². The number of hydrogen-bond donors (Lipinski definition) is 2. The number of carbonyl (C=O) groups excluding carboxylic acids is 1. The van der Waals surface area contributed by atoms with E-state index in [0.717, 1.165) is 18.5 Å². The first-order chi connectivity index (χ1) is 11.7. The van der Waals surface area contributed by atoms with E-state index >= 15 is 0 Å². The Labute approximate surface area is 140 Å². The minimum absolute atomic E-state index is 0.00488. The van der Waals surface area contributed by atoms with E-state index in [0.29, 0.717) is 30.3 Å². The number of rotatable bonds is 4. The Balaban J connectivity index is 1.60. The zero-order valence-electron chi connectivity index (χ0n) is 13.2. The Hall–Kier alpha value is -2.91. The van der Waals surface area contributed by atoms with Crippen LogP contribution in [0, 0.1) is 17.2 Å². The molecule has 2 aromatic rings. The zero-order valence-corrected chi connectivity index (χ0v) is 13.2. The number of anilines is 3. The molecule has 2 N–H and O–H groups in total. The molecule has 0 unspecified atom stereocenters. The molecule has 0 spiro atoms. The molecule has 1 aromatic heterocycles. The summed E-state index contributed by atoms with van der Waals surface area (Å²) in [4.78, 5) is 16.5. The lowest BCUT2D eigenvalue weighted by molar-refractivity contribution is -0.122. The van der Waals surface area contributed by atoms with E-state index in [2.05, 4.69) is 21.7 Å². The van der Waals surface area contributed by atoms with Crippen molar-refractivity contribution in [2.45, 2.75) is 12.8 Å². The predicted molar refractivity (Wildman–Crippen MR) is 90.8 cm³/mol. The third kappa shape index (κ3) is 4.09. The first-order valence-corrected chi connectivity index (χ1v) is 7.86. The zero-order chi connectivity index (χ0) is 16.8. The van der Waals surface area contributed by atoms with Gasteiger partial charge in [0.05, 0.1) is 23.5 Å². The molecule has 2 heterocycles. The monoisotopic (exact) mass is 322 g/mol. The van der Waals surface area contributed by atoms with Gasteiger partial charge in [-0.05, 0) is 43.2 Å². The maximum atomic E-state index is 12.2. The summed E-state index contributed by atoms with van der Waals surface area (Å²) in [5, 5.41) is 14.9. The van der Waals surface area contributed by atoms with Gasteiger partial charge in [-0.1, -0.05) is 6.07 Å². The summed E-state index contributed by atoms with van der Waals surface area (Å²) in [6.07, 6.45) is 3.13. The van der Waals surface area contributed by atoms with E-state index in [4.69, 9.17) is 10.00 Å². The summed E-state index contributed by atoms with van der Waals surface area (Å²) in [7, 11) is 0. The molecule has 0 atom stereocenters. The highest BCUT2D eigenvalue weighted by atomic mass is 16.5. The smallest absolute Gasteiger partial charge is 0.227 e. The Bertz CT molecular complexity index is 746. The molecular weight excluding hydrogens is 304 g/mol. The van der Waals surface area contributed by atoms with Crippen LogP contribution in [0.15, 0.2) is 42.6 Å². The van der Waals surface area contributed by atoms with Crippen LogP contribution < -0.4 is 10.6 Å². The van der Waals surface area contributed by atoms with E-state index < -0.39 is 0 Å². The van der Waals surface area contributed by atoms with Crippen molar-refractivity contribution in [3.05, 3.63) is 48.2 Å². The van der Waals surface area contributed by atoms with Gasteiger partial charge in [-0.25, -0.2) is 4.98 Å². The van der Waals surface area contributed by atoms with Gasteiger partial charge in [0.15, 0.2) is 0 Å². The minimum Gasteiger partial charge on any atom is -0.381 e. The van der Waals surface area contributed by atoms with E-state index in [1.54, 1.807) is 30.5 Å². The van der Waals surface area contributed by atoms with Crippen LogP contribution in [0.4, 0.5) is 17.2 Å². The second-order valence-corrected chi connectivity index (χ2v) is 5.63. The predicted octanol–water partition coefficient (Wildman–Crippen LogP) is 3.06. The first-order valence-electron chi connectivity index (χ1n) is 7.86. The van der Waals surface area contributed by atoms with E-state index in [9.17, 15) is 4.79 Å². The molecule has 1 aliphatic heterocycles. The average molecular weight is 322 g/mol. The fraction of sp³-hybridized carbons (Fsp3) is 0.278. The van der Waals surface area contributed by atoms with Crippen molar-refractivity contribution in [1.82, 2.24) is 4.98 Å². The van der Waals surface area contributed by atoms with Crippen LogP contribution in [-0.2, 0) is 9.53 Å². The van der Waals surface area contributed by atoms with Gasteiger partial charge in [-0.3, -0.25) is 4.79 Å². The van der Waals surface area contributed by atoms with Crippen molar-refractivity contribution in [1.29, 1.82) is 5.26 Å². The maximum Gasteiger partial charge on any atom is 0.227 e. The summed E-state index contributed by atoms with van der Waals surface area (Å²) in [6, 6.07) is 12.9. The Morgan fingerprint density at radius 2 is 2.04 bits per heavy atom. The molecule has 24 heavy (non-hydrogen) atoms. The van der Waals surface area contributed by atoms with E-state index in [-0.39, 0.29) is 11.8 Å². The highest BCUT2D eigenvalue weighted by molar-refractivity contribution is 5.92. The normalized spacial score (nSPS) is 14.6. The van der Waals surface area contributed by atoms with Crippen LogP contribution in [-0.4, -0.2) is 24.1 Å². The van der Waals surface area contributed by atoms with Crippen LogP contribution in [0.2, 0.25) is 0 Å². The molecule has 122 valence electrons. The Kier molecular flexibility index (Phi) is 5.04. The quantitative estimate of drug-likeness (QED) is 0.903. The molecule has 0 radical (unpaired) electrons. The number of carbonyl (C=O) groups is 1. The van der Waals surface area contributed by atoms with Gasteiger partial charge in [-0.2, -0.15) is 5.26 Å². The summed E-state index contributed by atoms with van der Waals surface area (Å²) in [5.74, 6) is 0.668. The number of nitrogens with one attached hydrogen (secondary N) is 2. The lowest BCUT2D eigenvalue weighted by Crippen LogP contribution is -2.28. The SMILES string of the molecule is N#Cc1cccc(Nc2ccc(NC(=O)C3CCOCC3)cn2)c1. The molecule has 1 aromatic carbocycles. The highest BCUT2D eigenvalue weighted by Crippen LogP contribution is 2.19. The summed E-state index contributed by atoms with van der Waals surface area (Å²) in [5.41, 5.74) is 2.05. The number of aromatic nitrogens is 1. The molecule has 0 aliphatic carbocycles. The fourth-order valence-electron chi connectivity index (χ4n) is 2.56. The van der Waals surface area contributed by atoms with Gasteiger partial charge in [-0.15, -0.1) is 0 Å². The third-order valence-electron chi connectivity index (χ3n) is 3.89. The molecule has 1 amide bonds. The van der Waals surface area contributed by atoms with Crippen molar-refractivity contribution >= 4 is 23.1 Å². The van der Waals surface area contributed by atoms with Gasteiger partial charge in [0.25, 0.3) is 0 Å². The third-order valence-corrected chi connectivity index (χ3v) is 3.89. The van der Waals surface area contributed by atoms with Crippen LogP contribution in [0.1, 0.15) is 18.4 Å². The second kappa shape index (κ2) is 7.57. The molecule has 1 saturated heterocycles. The Morgan fingerprint density at radius 3 is 2.75 bits per heavy atom. The van der Waals surface area contributed by atoms with Gasteiger partial charge in [0, 0.05) is 24.8 Å². The lowest BCUT2D eigenvalue weighted by atomic mass is 9.99. The van der Waals surface area contributed by atoms with Crippen LogP contribution >= 0.6 is 0 Å². The average Bonchev–Trinajstić information content (AvgIpc) is 2.64. The minimum atomic E-state index is 0.00488. The molecule has 0 saturated carbocycles. The standard InChI is InChI=1S/C18H18N4O2/c19-11-13-2-1-3-15(10-13)21-17-5-4-16(12-20-17)22-18(23)14-6-8-24-9-7-14/h1-5,10,12,14H,6-9H2,(H,20,21)(H,22,23). The number of benzene rings is 1. The summed E-state index contributed by atoms with van der Waals surface area (Å²) >= 11 is 0. The van der Waals surface area contributed by atoms with Crippen molar-refractivity contribution in [2.75, 3.05) is 23.8 Å². The molecule has 1 fully saturated rings. The highest BCUT2D eigenvalue weighted by Gasteiger charge is 2.21. The Morgan fingerprint density at radius 1 is 1.21 bits per heavy atom. The van der Waals surface area contributed by atoms with E-state index in [1.807, 2.05) is 12.1 Å². The second-order valence-electron chi connectivity index (χ2n) is 5.63. The van der Waals surface area contributed by atoms with Crippen LogP contribution in [0.3, 0.4) is 0 Å². The molecule has 0 bridgehead atoms. The number of hydrogen-bond acceptors (Lipinski definition) is 5. The number of ether oxygens (including phenoxy) is 1. The molecular formula is C18H18N4O2. The van der Waals surface area contributed by atoms with Crippen LogP contribution in [0.25, 0.3) is 0 Å². The molecule has 3 rings (SSSR count). The van der Waals surface area contributed by atoms with Crippen molar-refractivity contribution in [3.63, 3.8) is 0 Å². The van der Waals surface area contributed by atoms with Crippen LogP contribution in [0.5, 0.6) is 0 Å². The first kappa shape index (κ1) is 16.0. The molecule has 6 nitrogen and oxygen atoms in total. The van der Waals surface area contributed by atoms with Gasteiger partial charge in [0.2, 0.25) is 5.91 Å². The summed E-state index contributed by atoms with van der Waals surface area (Å²) in [6.45, 7) is 1.28. The largest absolute Gasteiger partial charge is 0.381 e. The lowest BCUT2D eigenvalue weighted by Gasteiger charge is -2.21. The summed E-state index contributed by atoms with van der Waals surface area (Å²) < 4.78 is 5.27.